The van der Waals surface area contributed by atoms with E-state index in [1.54, 1.807) is 12.3 Å². The van der Waals surface area contributed by atoms with Gasteiger partial charge in [-0.05, 0) is 22.0 Å². The first-order valence-corrected chi connectivity index (χ1v) is 5.60. The lowest BCUT2D eigenvalue weighted by Crippen LogP contribution is -2.25. The van der Waals surface area contributed by atoms with Crippen molar-refractivity contribution < 1.29 is 4.79 Å². The van der Waals surface area contributed by atoms with Gasteiger partial charge in [0.05, 0.1) is 5.56 Å². The van der Waals surface area contributed by atoms with Crippen molar-refractivity contribution in [1.82, 2.24) is 10.3 Å². The van der Waals surface area contributed by atoms with Crippen molar-refractivity contribution in [1.29, 1.82) is 0 Å². The van der Waals surface area contributed by atoms with E-state index in [0.717, 1.165) is 9.80 Å². The molecular formula is C8H8Br2N2O. The van der Waals surface area contributed by atoms with Gasteiger partial charge in [-0.15, -0.1) is 0 Å². The lowest BCUT2D eigenvalue weighted by molar-refractivity contribution is 0.0956. The van der Waals surface area contributed by atoms with Gasteiger partial charge in [0.2, 0.25) is 0 Å². The van der Waals surface area contributed by atoms with Crippen LogP contribution in [0.4, 0.5) is 0 Å². The van der Waals surface area contributed by atoms with Gasteiger partial charge in [-0.25, -0.2) is 0 Å². The minimum absolute atomic E-state index is 0.103. The van der Waals surface area contributed by atoms with Crippen molar-refractivity contribution in [3.8, 4) is 0 Å². The maximum absolute atomic E-state index is 11.4. The molecule has 1 aromatic heterocycles. The molecule has 0 radical (unpaired) electrons. The molecule has 0 fully saturated rings. The van der Waals surface area contributed by atoms with Crippen LogP contribution in [0.3, 0.4) is 0 Å². The normalized spacial score (nSPS) is 9.69. The van der Waals surface area contributed by atoms with Gasteiger partial charge in [0.15, 0.2) is 0 Å². The average molecular weight is 308 g/mol. The van der Waals surface area contributed by atoms with Crippen LogP contribution in [0.25, 0.3) is 0 Å². The molecule has 0 aliphatic carbocycles. The summed E-state index contributed by atoms with van der Waals surface area (Å²) in [6.07, 6.45) is 3.18. The Morgan fingerprint density at radius 3 is 2.92 bits per heavy atom. The van der Waals surface area contributed by atoms with Crippen LogP contribution in [-0.2, 0) is 0 Å². The second-order valence-electron chi connectivity index (χ2n) is 2.34. The molecule has 3 nitrogen and oxygen atoms in total. The molecule has 1 aromatic rings. The quantitative estimate of drug-likeness (QED) is 0.868. The van der Waals surface area contributed by atoms with E-state index in [1.807, 2.05) is 0 Å². The number of carbonyl (C=O) groups is 1. The zero-order valence-corrected chi connectivity index (χ0v) is 9.93. The third kappa shape index (κ3) is 3.44. The molecular weight excluding hydrogens is 300 g/mol. The molecule has 0 saturated heterocycles. The number of carbonyl (C=O) groups excluding carboxylic acids is 1. The number of halogens is 2. The molecule has 0 bridgehead atoms. The number of hydrogen-bond donors (Lipinski definition) is 1. The Morgan fingerprint density at radius 2 is 2.31 bits per heavy atom. The van der Waals surface area contributed by atoms with Gasteiger partial charge in [-0.2, -0.15) is 0 Å². The molecule has 0 spiro atoms. The second-order valence-corrected chi connectivity index (χ2v) is 4.05. The lowest BCUT2D eigenvalue weighted by Gasteiger charge is -2.02. The summed E-state index contributed by atoms with van der Waals surface area (Å²) in [5.74, 6) is -0.103. The zero-order chi connectivity index (χ0) is 9.68. The number of nitrogens with zero attached hydrogens (tertiary/aromatic N) is 1. The molecule has 0 unspecified atom stereocenters. The summed E-state index contributed by atoms with van der Waals surface area (Å²) in [6.45, 7) is 0.616. The summed E-state index contributed by atoms with van der Waals surface area (Å²) in [4.78, 5) is 15.3. The van der Waals surface area contributed by atoms with Crippen molar-refractivity contribution in [3.63, 3.8) is 0 Å². The van der Waals surface area contributed by atoms with Gasteiger partial charge in [0.25, 0.3) is 5.91 Å². The van der Waals surface area contributed by atoms with E-state index in [1.165, 1.54) is 6.20 Å². The van der Waals surface area contributed by atoms with E-state index in [4.69, 9.17) is 0 Å². The lowest BCUT2D eigenvalue weighted by atomic mass is 10.3. The predicted molar refractivity (Wildman–Crippen MR) is 58.1 cm³/mol. The molecule has 0 aromatic carbocycles. The molecule has 1 rings (SSSR count). The van der Waals surface area contributed by atoms with Gasteiger partial charge in [-0.3, -0.25) is 9.78 Å². The largest absolute Gasteiger partial charge is 0.351 e. The summed E-state index contributed by atoms with van der Waals surface area (Å²) in [6, 6.07) is 1.73. The van der Waals surface area contributed by atoms with Gasteiger partial charge in [-0.1, -0.05) is 15.9 Å². The van der Waals surface area contributed by atoms with Crippen LogP contribution in [0, 0.1) is 0 Å². The Morgan fingerprint density at radius 1 is 1.54 bits per heavy atom. The summed E-state index contributed by atoms with van der Waals surface area (Å²) in [5, 5.41) is 3.48. The SMILES string of the molecule is O=C(NCCBr)c1cncc(Br)c1. The van der Waals surface area contributed by atoms with Crippen LogP contribution in [0.5, 0.6) is 0 Å². The third-order valence-corrected chi connectivity index (χ3v) is 2.18. The first-order valence-electron chi connectivity index (χ1n) is 3.69. The van der Waals surface area contributed by atoms with Crippen LogP contribution < -0.4 is 5.32 Å². The number of rotatable bonds is 3. The van der Waals surface area contributed by atoms with Crippen LogP contribution in [0.15, 0.2) is 22.9 Å². The molecule has 0 aliphatic heterocycles. The highest BCUT2D eigenvalue weighted by molar-refractivity contribution is 9.10. The standard InChI is InChI=1S/C8H8Br2N2O/c9-1-2-12-8(13)6-3-7(10)5-11-4-6/h3-5H,1-2H2,(H,12,13). The van der Waals surface area contributed by atoms with Crippen LogP contribution in [0.2, 0.25) is 0 Å². The monoisotopic (exact) mass is 306 g/mol. The minimum atomic E-state index is -0.103. The fourth-order valence-electron chi connectivity index (χ4n) is 0.799. The number of aromatic nitrogens is 1. The molecule has 13 heavy (non-hydrogen) atoms. The molecule has 5 heteroatoms. The topological polar surface area (TPSA) is 42.0 Å². The Bertz CT molecular complexity index is 304. The Kier molecular flexibility index (Phi) is 4.38. The Labute approximate surface area is 93.2 Å². The van der Waals surface area contributed by atoms with Gasteiger partial charge in [0, 0.05) is 28.7 Å². The average Bonchev–Trinajstić information content (AvgIpc) is 2.14. The van der Waals surface area contributed by atoms with E-state index >= 15 is 0 Å². The highest BCUT2D eigenvalue weighted by atomic mass is 79.9. The number of hydrogen-bond acceptors (Lipinski definition) is 2. The van der Waals surface area contributed by atoms with E-state index in [-0.39, 0.29) is 5.91 Å². The summed E-state index contributed by atoms with van der Waals surface area (Å²) >= 11 is 6.47. The van der Waals surface area contributed by atoms with Gasteiger partial charge in [0.1, 0.15) is 0 Å². The van der Waals surface area contributed by atoms with Crippen molar-refractivity contribution in [2.75, 3.05) is 11.9 Å². The van der Waals surface area contributed by atoms with E-state index in [9.17, 15) is 4.79 Å². The number of alkyl halides is 1. The third-order valence-electron chi connectivity index (χ3n) is 1.35. The first kappa shape index (κ1) is 10.7. The molecule has 0 aliphatic rings. The highest BCUT2D eigenvalue weighted by Crippen LogP contribution is 2.09. The van der Waals surface area contributed by atoms with Crippen molar-refractivity contribution in [2.24, 2.45) is 0 Å². The van der Waals surface area contributed by atoms with Gasteiger partial charge >= 0.3 is 0 Å². The molecule has 1 heterocycles. The molecule has 1 amide bonds. The summed E-state index contributed by atoms with van der Waals surface area (Å²) < 4.78 is 0.805. The number of amides is 1. The minimum Gasteiger partial charge on any atom is -0.351 e. The molecule has 1 N–H and O–H groups in total. The fourth-order valence-corrected chi connectivity index (χ4v) is 1.36. The summed E-state index contributed by atoms with van der Waals surface area (Å²) in [5.41, 5.74) is 0.565. The number of pyridine rings is 1. The maximum atomic E-state index is 11.4. The molecule has 0 saturated carbocycles. The highest BCUT2D eigenvalue weighted by Gasteiger charge is 2.04. The van der Waals surface area contributed by atoms with Crippen molar-refractivity contribution in [2.45, 2.75) is 0 Å². The van der Waals surface area contributed by atoms with Gasteiger partial charge < -0.3 is 5.32 Å². The second kappa shape index (κ2) is 5.34. The number of nitrogens with one attached hydrogen (secondary N) is 1. The van der Waals surface area contributed by atoms with Crippen molar-refractivity contribution in [3.05, 3.63) is 28.5 Å². The van der Waals surface area contributed by atoms with E-state index in [0.29, 0.717) is 12.1 Å². The van der Waals surface area contributed by atoms with Crippen LogP contribution in [0.1, 0.15) is 10.4 Å². The Balaban J connectivity index is 2.66. The molecule has 0 atom stereocenters. The predicted octanol–water partition coefficient (Wildman–Crippen LogP) is 1.97. The van der Waals surface area contributed by atoms with E-state index < -0.39 is 0 Å². The summed E-state index contributed by atoms with van der Waals surface area (Å²) in [7, 11) is 0. The van der Waals surface area contributed by atoms with Crippen LogP contribution >= 0.6 is 31.9 Å². The maximum Gasteiger partial charge on any atom is 0.252 e. The van der Waals surface area contributed by atoms with E-state index in [2.05, 4.69) is 42.2 Å². The van der Waals surface area contributed by atoms with Crippen LogP contribution in [-0.4, -0.2) is 22.8 Å². The Hall–Kier alpha value is -0.420. The zero-order valence-electron chi connectivity index (χ0n) is 6.76. The fraction of sp³-hybridized carbons (Fsp3) is 0.250. The smallest absolute Gasteiger partial charge is 0.252 e. The molecule has 70 valence electrons. The first-order chi connectivity index (χ1) is 6.24. The van der Waals surface area contributed by atoms with Crippen molar-refractivity contribution >= 4 is 37.8 Å².